The molecule has 3 nitrogen and oxygen atoms in total. The van der Waals surface area contributed by atoms with E-state index in [4.69, 9.17) is 4.74 Å². The molecule has 0 spiro atoms. The van der Waals surface area contributed by atoms with E-state index in [1.165, 1.54) is 5.56 Å². The maximum Gasteiger partial charge on any atom is 0.138 e. The average Bonchev–Trinajstić information content (AvgIpc) is 2.40. The van der Waals surface area contributed by atoms with Crippen molar-refractivity contribution in [2.45, 2.75) is 11.4 Å². The predicted molar refractivity (Wildman–Crippen MR) is 69.9 cm³/mol. The van der Waals surface area contributed by atoms with Crippen LogP contribution in [0, 0.1) is 0 Å². The predicted octanol–water partition coefficient (Wildman–Crippen LogP) is 2.89. The number of ether oxygens (including phenoxy) is 1. The molecule has 0 radical (unpaired) electrons. The van der Waals surface area contributed by atoms with Crippen LogP contribution in [0.25, 0.3) is 0 Å². The highest BCUT2D eigenvalue weighted by molar-refractivity contribution is 7.97. The molecule has 0 bridgehead atoms. The topological polar surface area (TPSA) is 34.1 Å². The zero-order valence-electron chi connectivity index (χ0n) is 9.59. The average molecular weight is 246 g/mol. The smallest absolute Gasteiger partial charge is 0.138 e. The second-order valence-corrected chi connectivity index (χ2v) is 4.43. The third-order valence-electron chi connectivity index (χ3n) is 2.23. The molecule has 0 fully saturated rings. The van der Waals surface area contributed by atoms with Crippen molar-refractivity contribution in [2.75, 3.05) is 7.11 Å². The van der Waals surface area contributed by atoms with Crippen molar-refractivity contribution in [3.8, 4) is 5.75 Å². The Bertz CT molecular complexity index is 462. The molecule has 88 valence electrons. The number of nitrogens with one attached hydrogen (secondary N) is 1. The Morgan fingerprint density at radius 2 is 2.06 bits per heavy atom. The van der Waals surface area contributed by atoms with Gasteiger partial charge in [-0.1, -0.05) is 30.3 Å². The number of aromatic nitrogens is 1. The molecule has 0 aliphatic carbocycles. The lowest BCUT2D eigenvalue weighted by Crippen LogP contribution is -2.02. The van der Waals surface area contributed by atoms with Crippen LogP contribution in [0.4, 0.5) is 0 Å². The van der Waals surface area contributed by atoms with E-state index in [-0.39, 0.29) is 0 Å². The van der Waals surface area contributed by atoms with Gasteiger partial charge >= 0.3 is 0 Å². The van der Waals surface area contributed by atoms with Gasteiger partial charge in [0.25, 0.3) is 0 Å². The number of benzene rings is 1. The molecule has 1 aromatic carbocycles. The molecule has 0 saturated heterocycles. The maximum atomic E-state index is 5.12. The summed E-state index contributed by atoms with van der Waals surface area (Å²) in [5.74, 6) is 0.775. The normalized spacial score (nSPS) is 10.2. The molecule has 17 heavy (non-hydrogen) atoms. The zero-order valence-corrected chi connectivity index (χ0v) is 10.4. The summed E-state index contributed by atoms with van der Waals surface area (Å²) in [6.45, 7) is 0.822. The molecule has 2 rings (SSSR count). The summed E-state index contributed by atoms with van der Waals surface area (Å²) in [6, 6.07) is 12.2. The number of methoxy groups -OCH3 is 1. The Morgan fingerprint density at radius 3 is 2.82 bits per heavy atom. The van der Waals surface area contributed by atoms with Gasteiger partial charge in [-0.2, -0.15) is 0 Å². The monoisotopic (exact) mass is 246 g/mol. The fraction of sp³-hybridized carbons (Fsp3) is 0.154. The SMILES string of the molecule is COc1cncc(SNCc2ccccc2)c1. The number of rotatable bonds is 5. The summed E-state index contributed by atoms with van der Waals surface area (Å²) in [4.78, 5) is 5.14. The van der Waals surface area contributed by atoms with E-state index in [1.807, 2.05) is 30.5 Å². The molecule has 0 aliphatic heterocycles. The molecule has 2 aromatic rings. The van der Waals surface area contributed by atoms with Crippen molar-refractivity contribution < 1.29 is 4.74 Å². The number of hydrogen-bond donors (Lipinski definition) is 1. The van der Waals surface area contributed by atoms with Crippen LogP contribution in [0.5, 0.6) is 5.75 Å². The number of nitrogens with zero attached hydrogens (tertiary/aromatic N) is 1. The van der Waals surface area contributed by atoms with E-state index < -0.39 is 0 Å². The van der Waals surface area contributed by atoms with Crippen LogP contribution in [0.1, 0.15) is 5.56 Å². The first-order valence-electron chi connectivity index (χ1n) is 5.31. The van der Waals surface area contributed by atoms with Crippen LogP contribution in [0.2, 0.25) is 0 Å². The largest absolute Gasteiger partial charge is 0.495 e. The van der Waals surface area contributed by atoms with Crippen LogP contribution in [0.15, 0.2) is 53.7 Å². The summed E-state index contributed by atoms with van der Waals surface area (Å²) < 4.78 is 8.41. The highest BCUT2D eigenvalue weighted by Crippen LogP contribution is 2.19. The lowest BCUT2D eigenvalue weighted by Gasteiger charge is -2.05. The summed E-state index contributed by atoms with van der Waals surface area (Å²) in [5.41, 5.74) is 1.26. The molecule has 4 heteroatoms. The van der Waals surface area contributed by atoms with Crippen molar-refractivity contribution in [3.63, 3.8) is 0 Å². The van der Waals surface area contributed by atoms with Crippen molar-refractivity contribution >= 4 is 11.9 Å². The van der Waals surface area contributed by atoms with Gasteiger partial charge in [-0.05, 0) is 23.6 Å². The standard InChI is InChI=1S/C13H14N2OS/c1-16-12-7-13(10-14-9-12)17-15-8-11-5-3-2-4-6-11/h2-7,9-10,15H,8H2,1H3. The minimum atomic E-state index is 0.775. The van der Waals surface area contributed by atoms with Gasteiger partial charge in [-0.15, -0.1) is 0 Å². The van der Waals surface area contributed by atoms with Crippen molar-refractivity contribution in [1.82, 2.24) is 9.71 Å². The van der Waals surface area contributed by atoms with Crippen molar-refractivity contribution in [2.24, 2.45) is 0 Å². The van der Waals surface area contributed by atoms with Crippen molar-refractivity contribution in [1.29, 1.82) is 0 Å². The third kappa shape index (κ3) is 3.76. The molecule has 1 N–H and O–H groups in total. The van der Waals surface area contributed by atoms with Crippen molar-refractivity contribution in [3.05, 3.63) is 54.4 Å². The van der Waals surface area contributed by atoms with E-state index in [2.05, 4.69) is 21.8 Å². The van der Waals surface area contributed by atoms with E-state index in [9.17, 15) is 0 Å². The highest BCUT2D eigenvalue weighted by atomic mass is 32.2. The second-order valence-electron chi connectivity index (χ2n) is 3.47. The third-order valence-corrected chi connectivity index (χ3v) is 2.98. The summed E-state index contributed by atoms with van der Waals surface area (Å²) >= 11 is 1.55. The Morgan fingerprint density at radius 1 is 1.24 bits per heavy atom. The minimum absolute atomic E-state index is 0.775. The van der Waals surface area contributed by atoms with E-state index in [1.54, 1.807) is 25.3 Å². The first-order chi connectivity index (χ1) is 8.38. The molecule has 0 saturated carbocycles. The lowest BCUT2D eigenvalue weighted by molar-refractivity contribution is 0.411. The van der Waals surface area contributed by atoms with Crippen LogP contribution >= 0.6 is 11.9 Å². The summed E-state index contributed by atoms with van der Waals surface area (Å²) in [7, 11) is 1.64. The molecule has 0 atom stereocenters. The molecule has 0 aliphatic rings. The second kappa shape index (κ2) is 6.27. The van der Waals surface area contributed by atoms with E-state index in [0.717, 1.165) is 17.2 Å². The first kappa shape index (κ1) is 12.0. The van der Waals surface area contributed by atoms with Crippen LogP contribution in [0.3, 0.4) is 0 Å². The molecular formula is C13H14N2OS. The fourth-order valence-electron chi connectivity index (χ4n) is 1.36. The van der Waals surface area contributed by atoms with Crippen LogP contribution < -0.4 is 9.46 Å². The van der Waals surface area contributed by atoms with Gasteiger partial charge in [-0.25, -0.2) is 0 Å². The first-order valence-corrected chi connectivity index (χ1v) is 6.13. The van der Waals surface area contributed by atoms with Gasteiger partial charge in [0.2, 0.25) is 0 Å². The number of pyridine rings is 1. The molecule has 0 unspecified atom stereocenters. The Labute approximate surface area is 105 Å². The molecule has 0 amide bonds. The quantitative estimate of drug-likeness (QED) is 0.823. The molecule has 1 aromatic heterocycles. The molecule has 1 heterocycles. The summed E-state index contributed by atoms with van der Waals surface area (Å²) in [6.07, 6.45) is 3.51. The summed E-state index contributed by atoms with van der Waals surface area (Å²) in [5, 5.41) is 0. The van der Waals surface area contributed by atoms with E-state index >= 15 is 0 Å². The van der Waals surface area contributed by atoms with Gasteiger partial charge in [0.1, 0.15) is 5.75 Å². The van der Waals surface area contributed by atoms with Gasteiger partial charge in [0.15, 0.2) is 0 Å². The zero-order chi connectivity index (χ0) is 11.9. The van der Waals surface area contributed by atoms with Gasteiger partial charge < -0.3 is 4.74 Å². The van der Waals surface area contributed by atoms with Crippen LogP contribution in [-0.4, -0.2) is 12.1 Å². The Hall–Kier alpha value is -1.52. The molecular weight excluding hydrogens is 232 g/mol. The maximum absolute atomic E-state index is 5.12. The number of hydrogen-bond acceptors (Lipinski definition) is 4. The van der Waals surface area contributed by atoms with Crippen LogP contribution in [-0.2, 0) is 6.54 Å². The minimum Gasteiger partial charge on any atom is -0.495 e. The Balaban J connectivity index is 1.86. The highest BCUT2D eigenvalue weighted by Gasteiger charge is 1.97. The fourth-order valence-corrected chi connectivity index (χ4v) is 2.06. The Kier molecular flexibility index (Phi) is 4.41. The lowest BCUT2D eigenvalue weighted by atomic mass is 10.2. The van der Waals surface area contributed by atoms with Gasteiger partial charge in [0, 0.05) is 17.6 Å². The van der Waals surface area contributed by atoms with Gasteiger partial charge in [0.05, 0.1) is 13.3 Å². The van der Waals surface area contributed by atoms with Gasteiger partial charge in [-0.3, -0.25) is 9.71 Å². The van der Waals surface area contributed by atoms with E-state index in [0.29, 0.717) is 0 Å².